The molecule has 0 bridgehead atoms. The third kappa shape index (κ3) is 2.59. The van der Waals surface area contributed by atoms with E-state index >= 15 is 0 Å². The number of benzene rings is 1. The van der Waals surface area contributed by atoms with Crippen molar-refractivity contribution >= 4 is 11.3 Å². The Labute approximate surface area is 116 Å². The fourth-order valence-corrected chi connectivity index (χ4v) is 2.83. The predicted octanol–water partition coefficient (Wildman–Crippen LogP) is 3.04. The Morgan fingerprint density at radius 1 is 1.16 bits per heavy atom. The van der Waals surface area contributed by atoms with Crippen LogP contribution in [-0.4, -0.2) is 9.55 Å². The van der Waals surface area contributed by atoms with Gasteiger partial charge < -0.3 is 10.3 Å². The molecule has 2 N–H and O–H groups in total. The maximum absolute atomic E-state index is 6.33. The van der Waals surface area contributed by atoms with E-state index in [1.807, 2.05) is 42.9 Å². The van der Waals surface area contributed by atoms with E-state index in [1.165, 1.54) is 4.88 Å². The van der Waals surface area contributed by atoms with E-state index in [4.69, 9.17) is 5.73 Å². The second kappa shape index (κ2) is 5.38. The Bertz CT molecular complexity index is 628. The number of aromatic nitrogens is 2. The van der Waals surface area contributed by atoms with Crippen LogP contribution in [-0.2, 0) is 6.54 Å². The molecule has 1 atom stereocenters. The number of nitrogens with two attached hydrogens (primary N) is 1. The van der Waals surface area contributed by atoms with Crippen LogP contribution in [0.1, 0.15) is 22.2 Å². The number of imidazole rings is 1. The molecule has 0 aliphatic rings. The molecule has 0 saturated carbocycles. The zero-order valence-electron chi connectivity index (χ0n) is 10.4. The molecule has 0 aliphatic carbocycles. The Kier molecular flexibility index (Phi) is 3.44. The average Bonchev–Trinajstić information content (AvgIpc) is 3.11. The van der Waals surface area contributed by atoms with Crippen LogP contribution in [0.2, 0.25) is 0 Å². The molecule has 0 aliphatic heterocycles. The second-order valence-corrected chi connectivity index (χ2v) is 5.45. The number of hydrogen-bond donors (Lipinski definition) is 1. The Morgan fingerprint density at radius 3 is 2.74 bits per heavy atom. The maximum atomic E-state index is 6.33. The van der Waals surface area contributed by atoms with Gasteiger partial charge in [-0.1, -0.05) is 36.4 Å². The van der Waals surface area contributed by atoms with Crippen molar-refractivity contribution in [3.63, 3.8) is 0 Å². The quantitative estimate of drug-likeness (QED) is 0.791. The SMILES string of the molecule is NC(c1ccccc1)c1cncn1Cc1cccs1. The van der Waals surface area contributed by atoms with E-state index in [2.05, 4.69) is 27.1 Å². The smallest absolute Gasteiger partial charge is 0.0952 e. The van der Waals surface area contributed by atoms with E-state index in [1.54, 1.807) is 11.3 Å². The summed E-state index contributed by atoms with van der Waals surface area (Å²) in [6.45, 7) is 0.827. The van der Waals surface area contributed by atoms with E-state index < -0.39 is 0 Å². The molecule has 96 valence electrons. The number of thiophene rings is 1. The molecule has 0 fully saturated rings. The van der Waals surface area contributed by atoms with Crippen molar-refractivity contribution in [2.75, 3.05) is 0 Å². The van der Waals surface area contributed by atoms with Gasteiger partial charge in [0.15, 0.2) is 0 Å². The van der Waals surface area contributed by atoms with E-state index in [-0.39, 0.29) is 6.04 Å². The van der Waals surface area contributed by atoms with Gasteiger partial charge in [-0.15, -0.1) is 11.3 Å². The molecular weight excluding hydrogens is 254 g/mol. The molecule has 3 nitrogen and oxygen atoms in total. The molecule has 0 amide bonds. The summed E-state index contributed by atoms with van der Waals surface area (Å²) in [5.74, 6) is 0. The molecular formula is C15H15N3S. The first-order valence-electron chi connectivity index (χ1n) is 6.17. The highest BCUT2D eigenvalue weighted by molar-refractivity contribution is 7.09. The van der Waals surface area contributed by atoms with Crippen LogP contribution in [0.15, 0.2) is 60.4 Å². The lowest BCUT2D eigenvalue weighted by Crippen LogP contribution is -2.16. The van der Waals surface area contributed by atoms with Crippen molar-refractivity contribution < 1.29 is 0 Å². The van der Waals surface area contributed by atoms with Gasteiger partial charge >= 0.3 is 0 Å². The molecule has 1 unspecified atom stereocenters. The molecule has 4 heteroatoms. The van der Waals surface area contributed by atoms with Crippen molar-refractivity contribution in [1.82, 2.24) is 9.55 Å². The Morgan fingerprint density at radius 2 is 2.00 bits per heavy atom. The number of nitrogens with zero attached hydrogens (tertiary/aromatic N) is 2. The summed E-state index contributed by atoms with van der Waals surface area (Å²) < 4.78 is 2.11. The maximum Gasteiger partial charge on any atom is 0.0952 e. The van der Waals surface area contributed by atoms with Crippen LogP contribution in [0.25, 0.3) is 0 Å². The molecule has 3 rings (SSSR count). The summed E-state index contributed by atoms with van der Waals surface area (Å²) in [5.41, 5.74) is 8.48. The first-order valence-corrected chi connectivity index (χ1v) is 7.05. The lowest BCUT2D eigenvalue weighted by Gasteiger charge is -2.14. The van der Waals surface area contributed by atoms with Gasteiger partial charge in [0, 0.05) is 4.88 Å². The predicted molar refractivity (Wildman–Crippen MR) is 78.1 cm³/mol. The first-order chi connectivity index (χ1) is 9.34. The van der Waals surface area contributed by atoms with E-state index in [0.717, 1.165) is 17.8 Å². The molecule has 19 heavy (non-hydrogen) atoms. The van der Waals surface area contributed by atoms with Crippen molar-refractivity contribution in [2.24, 2.45) is 5.73 Å². The monoisotopic (exact) mass is 269 g/mol. The number of rotatable bonds is 4. The fraction of sp³-hybridized carbons (Fsp3) is 0.133. The van der Waals surface area contributed by atoms with Crippen molar-refractivity contribution in [1.29, 1.82) is 0 Å². The lowest BCUT2D eigenvalue weighted by atomic mass is 10.1. The highest BCUT2D eigenvalue weighted by atomic mass is 32.1. The normalized spacial score (nSPS) is 12.5. The fourth-order valence-electron chi connectivity index (χ4n) is 2.12. The van der Waals surface area contributed by atoms with Gasteiger partial charge in [-0.25, -0.2) is 4.98 Å². The van der Waals surface area contributed by atoms with Gasteiger partial charge in [-0.2, -0.15) is 0 Å². The van der Waals surface area contributed by atoms with Gasteiger partial charge in [0.1, 0.15) is 0 Å². The highest BCUT2D eigenvalue weighted by Gasteiger charge is 2.13. The zero-order chi connectivity index (χ0) is 13.1. The highest BCUT2D eigenvalue weighted by Crippen LogP contribution is 2.20. The summed E-state index contributed by atoms with van der Waals surface area (Å²) in [6.07, 6.45) is 3.70. The largest absolute Gasteiger partial charge is 0.328 e. The molecule has 0 saturated heterocycles. The minimum atomic E-state index is -0.135. The molecule has 3 aromatic rings. The molecule has 2 aromatic heterocycles. The third-order valence-corrected chi connectivity index (χ3v) is 3.99. The van der Waals surface area contributed by atoms with Crippen LogP contribution in [0.4, 0.5) is 0 Å². The molecule has 0 spiro atoms. The summed E-state index contributed by atoms with van der Waals surface area (Å²) in [7, 11) is 0. The number of hydrogen-bond acceptors (Lipinski definition) is 3. The summed E-state index contributed by atoms with van der Waals surface area (Å²) in [4.78, 5) is 5.54. The first kappa shape index (κ1) is 12.1. The Balaban J connectivity index is 1.88. The van der Waals surface area contributed by atoms with Gasteiger partial charge in [0.05, 0.1) is 30.8 Å². The molecule has 1 aromatic carbocycles. The second-order valence-electron chi connectivity index (χ2n) is 4.41. The molecule has 2 heterocycles. The van der Waals surface area contributed by atoms with Gasteiger partial charge in [-0.3, -0.25) is 0 Å². The van der Waals surface area contributed by atoms with E-state index in [9.17, 15) is 0 Å². The van der Waals surface area contributed by atoms with Crippen molar-refractivity contribution in [3.05, 3.63) is 76.5 Å². The molecule has 0 radical (unpaired) electrons. The van der Waals surface area contributed by atoms with Gasteiger partial charge in [0.25, 0.3) is 0 Å². The van der Waals surface area contributed by atoms with Crippen LogP contribution in [0.5, 0.6) is 0 Å². The summed E-state index contributed by atoms with van der Waals surface area (Å²) in [5, 5.41) is 2.09. The standard InChI is InChI=1S/C15H15N3S/c16-15(12-5-2-1-3-6-12)14-9-17-11-18(14)10-13-7-4-8-19-13/h1-9,11,15H,10,16H2. The summed E-state index contributed by atoms with van der Waals surface area (Å²) >= 11 is 1.75. The van der Waals surface area contributed by atoms with Gasteiger partial charge in [0.2, 0.25) is 0 Å². The summed E-state index contributed by atoms with van der Waals surface area (Å²) in [6, 6.07) is 14.2. The van der Waals surface area contributed by atoms with E-state index in [0.29, 0.717) is 0 Å². The van der Waals surface area contributed by atoms with Crippen LogP contribution in [0.3, 0.4) is 0 Å². The Hall–Kier alpha value is -1.91. The lowest BCUT2D eigenvalue weighted by molar-refractivity contribution is 0.701. The minimum Gasteiger partial charge on any atom is -0.328 e. The van der Waals surface area contributed by atoms with Gasteiger partial charge in [-0.05, 0) is 17.0 Å². The topological polar surface area (TPSA) is 43.8 Å². The average molecular weight is 269 g/mol. The minimum absolute atomic E-state index is 0.135. The third-order valence-electron chi connectivity index (χ3n) is 3.13. The zero-order valence-corrected chi connectivity index (χ0v) is 11.3. The van der Waals surface area contributed by atoms with Crippen LogP contribution in [0, 0.1) is 0 Å². The van der Waals surface area contributed by atoms with Crippen molar-refractivity contribution in [3.8, 4) is 0 Å². The van der Waals surface area contributed by atoms with Crippen molar-refractivity contribution in [2.45, 2.75) is 12.6 Å². The van der Waals surface area contributed by atoms with Crippen LogP contribution < -0.4 is 5.73 Å². The van der Waals surface area contributed by atoms with Crippen LogP contribution >= 0.6 is 11.3 Å².